The number of hydrogen-bond donors (Lipinski definition) is 3. The number of primary amides is 1. The number of likely N-dealkylation sites (N-methyl/N-ethyl adjacent to an activating group) is 1. The molecule has 2 aromatic carbocycles. The number of thiophene rings is 1. The molecule has 0 saturated carbocycles. The van der Waals surface area contributed by atoms with Gasteiger partial charge in [0.15, 0.2) is 0 Å². The summed E-state index contributed by atoms with van der Waals surface area (Å²) >= 11 is 1.47. The van der Waals surface area contributed by atoms with Crippen LogP contribution in [0.5, 0.6) is 0 Å². The van der Waals surface area contributed by atoms with Crippen molar-refractivity contribution in [3.8, 4) is 0 Å². The quantitative estimate of drug-likeness (QED) is 0.404. The minimum Gasteiger partial charge on any atom is -0.542 e. The van der Waals surface area contributed by atoms with Gasteiger partial charge in [0.25, 0.3) is 5.91 Å². The van der Waals surface area contributed by atoms with E-state index in [1.54, 1.807) is 0 Å². The van der Waals surface area contributed by atoms with E-state index in [0.717, 1.165) is 51.8 Å². The fourth-order valence-electron chi connectivity index (χ4n) is 4.87. The second-order valence-corrected chi connectivity index (χ2v) is 12.1. The molecule has 0 fully saturated rings. The van der Waals surface area contributed by atoms with E-state index >= 15 is 0 Å². The van der Waals surface area contributed by atoms with Crippen LogP contribution in [-0.2, 0) is 17.8 Å². The van der Waals surface area contributed by atoms with E-state index in [1.165, 1.54) is 11.3 Å². The monoisotopic (exact) mass is 564 g/mol. The smallest absolute Gasteiger partial charge is 0.430 e. The molecule has 0 saturated heterocycles. The van der Waals surface area contributed by atoms with Crippen LogP contribution in [0.2, 0.25) is 0 Å². The SMILES string of the molecule is CC(C)(C)C[N+]1(C)CCc2c(sc(NC(=O)Nc3ccc4ccccc4c3)c2C(N)=O)C1.O=C([O-])C(F)(F)F. The van der Waals surface area contributed by atoms with Gasteiger partial charge >= 0.3 is 12.2 Å². The molecule has 1 aliphatic heterocycles. The molecule has 0 aliphatic carbocycles. The number of amides is 3. The highest BCUT2D eigenvalue weighted by atomic mass is 32.1. The van der Waals surface area contributed by atoms with Crippen LogP contribution in [0.1, 0.15) is 41.6 Å². The Kier molecular flexibility index (Phi) is 8.61. The molecule has 3 aromatic rings. The summed E-state index contributed by atoms with van der Waals surface area (Å²) in [4.78, 5) is 35.0. The topological polar surface area (TPSA) is 124 Å². The van der Waals surface area contributed by atoms with Gasteiger partial charge in [-0.3, -0.25) is 10.1 Å². The Bertz CT molecular complexity index is 1400. The maximum Gasteiger partial charge on any atom is 0.430 e. The first-order valence-electron chi connectivity index (χ1n) is 12.1. The molecule has 210 valence electrons. The summed E-state index contributed by atoms with van der Waals surface area (Å²) < 4.78 is 32.5. The zero-order valence-corrected chi connectivity index (χ0v) is 22.9. The zero-order valence-electron chi connectivity index (χ0n) is 22.1. The molecular formula is C27H31F3N4O4S. The number of carbonyl (C=O) groups excluding carboxylic acids is 3. The molecule has 0 bridgehead atoms. The molecule has 2 heterocycles. The van der Waals surface area contributed by atoms with Gasteiger partial charge in [-0.05, 0) is 28.5 Å². The molecule has 39 heavy (non-hydrogen) atoms. The second kappa shape index (κ2) is 11.2. The van der Waals surface area contributed by atoms with Crippen LogP contribution in [0.25, 0.3) is 10.8 Å². The Morgan fingerprint density at radius 2 is 1.67 bits per heavy atom. The first-order valence-corrected chi connectivity index (χ1v) is 12.9. The van der Waals surface area contributed by atoms with Crippen molar-refractivity contribution in [2.75, 3.05) is 30.8 Å². The molecule has 8 nitrogen and oxygen atoms in total. The third kappa shape index (κ3) is 7.93. The lowest BCUT2D eigenvalue weighted by atomic mass is 9.92. The minimum atomic E-state index is -5.19. The van der Waals surface area contributed by atoms with Crippen molar-refractivity contribution < 1.29 is 37.1 Å². The first-order chi connectivity index (χ1) is 18.0. The van der Waals surface area contributed by atoms with Crippen molar-refractivity contribution in [1.82, 2.24) is 0 Å². The van der Waals surface area contributed by atoms with Crippen molar-refractivity contribution in [2.24, 2.45) is 11.1 Å². The van der Waals surface area contributed by atoms with Crippen LogP contribution >= 0.6 is 11.3 Å². The summed E-state index contributed by atoms with van der Waals surface area (Å²) in [5.41, 5.74) is 8.08. The van der Waals surface area contributed by atoms with Gasteiger partial charge in [-0.15, -0.1) is 11.3 Å². The Balaban J connectivity index is 0.000000532. The molecule has 1 atom stereocenters. The number of aliphatic carboxylic acids is 1. The lowest BCUT2D eigenvalue weighted by Crippen LogP contribution is -2.51. The van der Waals surface area contributed by atoms with Gasteiger partial charge in [0.2, 0.25) is 0 Å². The molecule has 1 unspecified atom stereocenters. The third-order valence-corrected chi connectivity index (χ3v) is 7.22. The lowest BCUT2D eigenvalue weighted by molar-refractivity contribution is -0.929. The van der Waals surface area contributed by atoms with Gasteiger partial charge in [-0.25, -0.2) is 4.79 Å². The molecule has 0 spiro atoms. The van der Waals surface area contributed by atoms with Crippen LogP contribution in [-0.4, -0.2) is 48.7 Å². The van der Waals surface area contributed by atoms with Crippen LogP contribution < -0.4 is 21.5 Å². The van der Waals surface area contributed by atoms with E-state index in [2.05, 4.69) is 38.5 Å². The van der Waals surface area contributed by atoms with Crippen LogP contribution in [0.4, 0.5) is 28.7 Å². The van der Waals surface area contributed by atoms with E-state index in [0.29, 0.717) is 16.3 Å². The average molecular weight is 565 g/mol. The average Bonchev–Trinajstić information content (AvgIpc) is 3.13. The highest BCUT2D eigenvalue weighted by molar-refractivity contribution is 7.17. The van der Waals surface area contributed by atoms with Gasteiger partial charge < -0.3 is 25.4 Å². The number of halogens is 3. The van der Waals surface area contributed by atoms with E-state index < -0.39 is 18.1 Å². The Morgan fingerprint density at radius 3 is 2.23 bits per heavy atom. The van der Waals surface area contributed by atoms with Crippen molar-refractivity contribution in [2.45, 2.75) is 39.9 Å². The van der Waals surface area contributed by atoms with Crippen molar-refractivity contribution in [3.05, 3.63) is 58.5 Å². The molecule has 1 aliphatic rings. The Morgan fingerprint density at radius 1 is 1.05 bits per heavy atom. The number of alkyl halides is 3. The Labute approximate surface area is 228 Å². The molecular weight excluding hydrogens is 533 g/mol. The number of quaternary nitrogens is 1. The first kappa shape index (κ1) is 29.9. The van der Waals surface area contributed by atoms with Gasteiger partial charge in [0, 0.05) is 17.5 Å². The lowest BCUT2D eigenvalue weighted by Gasteiger charge is -2.41. The Hall–Kier alpha value is -3.64. The van der Waals surface area contributed by atoms with E-state index in [4.69, 9.17) is 15.6 Å². The van der Waals surface area contributed by atoms with Crippen molar-refractivity contribution >= 4 is 50.7 Å². The van der Waals surface area contributed by atoms with Crippen molar-refractivity contribution in [1.29, 1.82) is 0 Å². The predicted molar refractivity (Wildman–Crippen MR) is 143 cm³/mol. The second-order valence-electron chi connectivity index (χ2n) is 11.0. The number of benzene rings is 2. The summed E-state index contributed by atoms with van der Waals surface area (Å²) in [6.07, 6.45) is -4.41. The largest absolute Gasteiger partial charge is 0.542 e. The molecule has 4 rings (SSSR count). The van der Waals surface area contributed by atoms with E-state index in [1.807, 2.05) is 42.5 Å². The summed E-state index contributed by atoms with van der Waals surface area (Å²) in [5, 5.41) is 17.2. The van der Waals surface area contributed by atoms with Crippen LogP contribution in [0.15, 0.2) is 42.5 Å². The number of carboxylic acids is 1. The maximum atomic E-state index is 12.7. The number of fused-ring (bicyclic) bond motifs is 2. The van der Waals surface area contributed by atoms with Gasteiger partial charge in [-0.2, -0.15) is 13.2 Å². The van der Waals surface area contributed by atoms with Gasteiger partial charge in [-0.1, -0.05) is 51.1 Å². The molecule has 12 heteroatoms. The summed E-state index contributed by atoms with van der Waals surface area (Å²) in [5.74, 6) is -3.50. The standard InChI is InChI=1S/C25H30N4O2S.C2HF3O2/c1-25(2,3)15-29(4)12-11-19-20(14-29)32-23(21(19)22(26)30)28-24(31)27-18-10-9-16-7-5-6-8-17(16)13-18;3-2(4,5)1(6)7/h5-10,13H,11-12,14-15H2,1-4H3,(H3-,26,27,28,30,31);(H,6,7). The number of urea groups is 1. The van der Waals surface area contributed by atoms with Gasteiger partial charge in [0.1, 0.15) is 17.5 Å². The van der Waals surface area contributed by atoms with E-state index in [9.17, 15) is 22.8 Å². The number of nitrogens with two attached hydrogens (primary N) is 1. The third-order valence-electron chi connectivity index (χ3n) is 6.09. The maximum absolute atomic E-state index is 12.7. The minimum absolute atomic E-state index is 0.205. The fraction of sp³-hybridized carbons (Fsp3) is 0.370. The highest BCUT2D eigenvalue weighted by Gasteiger charge is 2.37. The van der Waals surface area contributed by atoms with Crippen molar-refractivity contribution in [3.63, 3.8) is 0 Å². The van der Waals surface area contributed by atoms with Crippen LogP contribution in [0, 0.1) is 5.41 Å². The van der Waals surface area contributed by atoms with Crippen LogP contribution in [0.3, 0.4) is 0 Å². The number of nitrogens with zero attached hydrogens (tertiary/aromatic N) is 1. The zero-order chi connectivity index (χ0) is 29.2. The normalized spacial score (nSPS) is 17.0. The highest BCUT2D eigenvalue weighted by Crippen LogP contribution is 2.39. The number of nitrogens with one attached hydrogen (secondary N) is 2. The molecule has 0 radical (unpaired) electrons. The summed E-state index contributed by atoms with van der Waals surface area (Å²) in [7, 11) is 2.26. The number of hydrogen-bond acceptors (Lipinski definition) is 5. The number of anilines is 2. The van der Waals surface area contributed by atoms with Gasteiger partial charge in [0.05, 0.1) is 30.6 Å². The fourth-order valence-corrected chi connectivity index (χ4v) is 6.29. The molecule has 1 aromatic heterocycles. The summed E-state index contributed by atoms with van der Waals surface area (Å²) in [6.45, 7) is 9.58. The molecule has 3 amide bonds. The van der Waals surface area contributed by atoms with E-state index in [-0.39, 0.29) is 11.4 Å². The number of carbonyl (C=O) groups is 3. The predicted octanol–water partition coefficient (Wildman–Crippen LogP) is 4.49. The number of carboxylic acid groups (broad SMARTS) is 1. The number of rotatable bonds is 4. The summed E-state index contributed by atoms with van der Waals surface area (Å²) in [6, 6.07) is 13.4. The molecule has 4 N–H and O–H groups in total.